The molecular weight excluding hydrogens is 386 g/mol. The number of carbonyl (C=O) groups is 1. The summed E-state index contributed by atoms with van der Waals surface area (Å²) in [5, 5.41) is 6.91. The smallest absolute Gasteiger partial charge is 0.234 e. The highest BCUT2D eigenvalue weighted by Crippen LogP contribution is 2.37. The quantitative estimate of drug-likeness (QED) is 0.333. The highest BCUT2D eigenvalue weighted by atomic mass is 32.2. The summed E-state index contributed by atoms with van der Waals surface area (Å²) >= 11 is 3.04. The summed E-state index contributed by atoms with van der Waals surface area (Å²) in [4.78, 5) is 22.2. The van der Waals surface area contributed by atoms with E-state index in [1.165, 1.54) is 17.3 Å². The predicted octanol–water partition coefficient (Wildman–Crippen LogP) is 5.65. The zero-order valence-corrected chi connectivity index (χ0v) is 17.0. The van der Waals surface area contributed by atoms with Crippen molar-refractivity contribution in [1.82, 2.24) is 9.97 Å². The van der Waals surface area contributed by atoms with Crippen molar-refractivity contribution in [2.75, 3.05) is 11.1 Å². The molecule has 4 aromatic rings. The first kappa shape index (κ1) is 18.7. The molecule has 0 aliphatic carbocycles. The third-order valence-corrected chi connectivity index (χ3v) is 6.28. The van der Waals surface area contributed by atoms with E-state index in [0.717, 1.165) is 38.5 Å². The van der Waals surface area contributed by atoms with E-state index < -0.39 is 0 Å². The molecule has 1 amide bonds. The molecular formula is C22H19N3OS2. The Kier molecular flexibility index (Phi) is 5.69. The van der Waals surface area contributed by atoms with Crippen LogP contribution < -0.4 is 5.32 Å². The summed E-state index contributed by atoms with van der Waals surface area (Å²) in [5.74, 6) is 0.253. The molecule has 0 unspecified atom stereocenters. The van der Waals surface area contributed by atoms with Gasteiger partial charge in [-0.2, -0.15) is 0 Å². The lowest BCUT2D eigenvalue weighted by molar-refractivity contribution is -0.113. The topological polar surface area (TPSA) is 54.9 Å². The van der Waals surface area contributed by atoms with E-state index >= 15 is 0 Å². The monoisotopic (exact) mass is 405 g/mol. The minimum absolute atomic E-state index is 0.0440. The van der Waals surface area contributed by atoms with Crippen LogP contribution in [0.15, 0.2) is 71.3 Å². The second kappa shape index (κ2) is 8.54. The molecule has 0 saturated carbocycles. The van der Waals surface area contributed by atoms with Crippen LogP contribution in [-0.2, 0) is 11.2 Å². The van der Waals surface area contributed by atoms with Crippen molar-refractivity contribution in [3.05, 3.63) is 71.9 Å². The molecule has 2 heterocycles. The average molecular weight is 406 g/mol. The number of fused-ring (bicyclic) bond motifs is 1. The maximum Gasteiger partial charge on any atom is 0.234 e. The van der Waals surface area contributed by atoms with Crippen LogP contribution in [0.2, 0.25) is 0 Å². The molecule has 2 aromatic heterocycles. The van der Waals surface area contributed by atoms with Gasteiger partial charge in [-0.15, -0.1) is 11.3 Å². The fraction of sp³-hybridized carbons (Fsp3) is 0.136. The molecule has 0 aliphatic heterocycles. The highest BCUT2D eigenvalue weighted by Gasteiger charge is 2.14. The Balaban J connectivity index is 1.51. The van der Waals surface area contributed by atoms with Gasteiger partial charge in [-0.1, -0.05) is 61.2 Å². The normalized spacial score (nSPS) is 10.9. The molecule has 0 fully saturated rings. The Morgan fingerprint density at radius 1 is 1.07 bits per heavy atom. The Morgan fingerprint density at radius 3 is 2.61 bits per heavy atom. The zero-order chi connectivity index (χ0) is 19.3. The van der Waals surface area contributed by atoms with E-state index in [4.69, 9.17) is 0 Å². The third kappa shape index (κ3) is 4.08. The molecule has 0 bridgehead atoms. The summed E-state index contributed by atoms with van der Waals surface area (Å²) in [6.45, 7) is 2.11. The van der Waals surface area contributed by atoms with Crippen LogP contribution in [0.1, 0.15) is 12.5 Å². The number of anilines is 1. The number of thioether (sulfide) groups is 1. The number of hydrogen-bond donors (Lipinski definition) is 1. The second-order valence-corrected chi connectivity index (χ2v) is 8.08. The summed E-state index contributed by atoms with van der Waals surface area (Å²) in [7, 11) is 0. The largest absolute Gasteiger partial charge is 0.325 e. The van der Waals surface area contributed by atoms with Gasteiger partial charge in [0.25, 0.3) is 0 Å². The van der Waals surface area contributed by atoms with Crippen molar-refractivity contribution in [3.8, 4) is 11.1 Å². The van der Waals surface area contributed by atoms with Crippen LogP contribution in [0.4, 0.5) is 5.69 Å². The van der Waals surface area contributed by atoms with Crippen LogP contribution in [0.3, 0.4) is 0 Å². The molecule has 0 aliphatic rings. The lowest BCUT2D eigenvalue weighted by atomic mass is 10.1. The summed E-state index contributed by atoms with van der Waals surface area (Å²) in [5.41, 5.74) is 4.31. The average Bonchev–Trinajstić information content (AvgIpc) is 3.18. The summed E-state index contributed by atoms with van der Waals surface area (Å²) < 4.78 is 0. The Morgan fingerprint density at radius 2 is 1.86 bits per heavy atom. The van der Waals surface area contributed by atoms with Gasteiger partial charge in [-0.25, -0.2) is 9.97 Å². The van der Waals surface area contributed by atoms with Gasteiger partial charge in [0.2, 0.25) is 5.91 Å². The van der Waals surface area contributed by atoms with E-state index in [1.807, 2.05) is 42.5 Å². The summed E-state index contributed by atoms with van der Waals surface area (Å²) in [6.07, 6.45) is 2.55. The number of aromatic nitrogens is 2. The Labute approximate surface area is 172 Å². The van der Waals surface area contributed by atoms with E-state index in [0.29, 0.717) is 5.75 Å². The predicted molar refractivity (Wildman–Crippen MR) is 118 cm³/mol. The van der Waals surface area contributed by atoms with Gasteiger partial charge in [-0.05, 0) is 29.7 Å². The molecule has 4 rings (SSSR count). The maximum atomic E-state index is 12.4. The molecule has 0 atom stereocenters. The standard InChI is InChI=1S/C22H19N3OS2/c1-2-15-8-10-17(11-9-15)25-19(26)13-28-22-20-18(16-6-4-3-5-7-16)12-27-21(20)23-14-24-22/h3-12,14H,2,13H2,1H3,(H,25,26). The number of nitrogens with one attached hydrogen (secondary N) is 1. The van der Waals surface area contributed by atoms with Crippen molar-refractivity contribution >= 4 is 44.9 Å². The molecule has 4 nitrogen and oxygen atoms in total. The fourth-order valence-electron chi connectivity index (χ4n) is 2.94. The Hall–Kier alpha value is -2.70. The first-order chi connectivity index (χ1) is 13.7. The van der Waals surface area contributed by atoms with Gasteiger partial charge in [0.05, 0.1) is 11.1 Å². The number of nitrogens with zero attached hydrogens (tertiary/aromatic N) is 2. The van der Waals surface area contributed by atoms with Crippen molar-refractivity contribution < 1.29 is 4.79 Å². The Bertz CT molecular complexity index is 1090. The molecule has 0 spiro atoms. The number of aryl methyl sites for hydroxylation is 1. The first-order valence-corrected chi connectivity index (χ1v) is 10.9. The molecule has 2 aromatic carbocycles. The van der Waals surface area contributed by atoms with E-state index in [9.17, 15) is 4.79 Å². The molecule has 28 heavy (non-hydrogen) atoms. The van der Waals surface area contributed by atoms with Gasteiger partial charge >= 0.3 is 0 Å². The second-order valence-electron chi connectivity index (χ2n) is 6.26. The lowest BCUT2D eigenvalue weighted by Crippen LogP contribution is -2.14. The number of carbonyl (C=O) groups excluding carboxylic acids is 1. The minimum Gasteiger partial charge on any atom is -0.325 e. The van der Waals surface area contributed by atoms with Gasteiger partial charge in [0.15, 0.2) is 0 Å². The molecule has 0 saturated heterocycles. The minimum atomic E-state index is -0.0440. The maximum absolute atomic E-state index is 12.4. The van der Waals surface area contributed by atoms with Crippen LogP contribution in [0, 0.1) is 0 Å². The van der Waals surface area contributed by atoms with Crippen LogP contribution in [0.5, 0.6) is 0 Å². The van der Waals surface area contributed by atoms with Crippen molar-refractivity contribution in [2.45, 2.75) is 18.4 Å². The number of hydrogen-bond acceptors (Lipinski definition) is 5. The number of benzene rings is 2. The van der Waals surface area contributed by atoms with Gasteiger partial charge < -0.3 is 5.32 Å². The van der Waals surface area contributed by atoms with E-state index in [1.54, 1.807) is 17.7 Å². The molecule has 6 heteroatoms. The van der Waals surface area contributed by atoms with Crippen molar-refractivity contribution in [3.63, 3.8) is 0 Å². The number of amides is 1. The van der Waals surface area contributed by atoms with E-state index in [-0.39, 0.29) is 5.91 Å². The molecule has 140 valence electrons. The van der Waals surface area contributed by atoms with Crippen molar-refractivity contribution in [1.29, 1.82) is 0 Å². The SMILES string of the molecule is CCc1ccc(NC(=O)CSc2ncnc3scc(-c4ccccc4)c23)cc1. The van der Waals surface area contributed by atoms with Crippen LogP contribution in [-0.4, -0.2) is 21.6 Å². The van der Waals surface area contributed by atoms with E-state index in [2.05, 4.69) is 39.7 Å². The number of thiophene rings is 1. The molecule has 0 radical (unpaired) electrons. The molecule has 1 N–H and O–H groups in total. The third-order valence-electron chi connectivity index (χ3n) is 4.41. The van der Waals surface area contributed by atoms with Gasteiger partial charge in [0.1, 0.15) is 16.2 Å². The van der Waals surface area contributed by atoms with Crippen LogP contribution >= 0.6 is 23.1 Å². The van der Waals surface area contributed by atoms with Gasteiger partial charge in [0, 0.05) is 16.6 Å². The fourth-order valence-corrected chi connectivity index (χ4v) is 4.74. The first-order valence-electron chi connectivity index (χ1n) is 9.04. The highest BCUT2D eigenvalue weighted by molar-refractivity contribution is 8.00. The zero-order valence-electron chi connectivity index (χ0n) is 15.4. The van der Waals surface area contributed by atoms with Gasteiger partial charge in [-0.3, -0.25) is 4.79 Å². The van der Waals surface area contributed by atoms with Crippen molar-refractivity contribution in [2.24, 2.45) is 0 Å². The number of rotatable bonds is 6. The lowest BCUT2D eigenvalue weighted by Gasteiger charge is -2.07. The summed E-state index contributed by atoms with van der Waals surface area (Å²) in [6, 6.07) is 18.2. The van der Waals surface area contributed by atoms with Crippen LogP contribution in [0.25, 0.3) is 21.3 Å².